The van der Waals surface area contributed by atoms with Crippen LogP contribution in [0.4, 0.5) is 0 Å². The molecule has 0 saturated heterocycles. The lowest BCUT2D eigenvalue weighted by Crippen LogP contribution is -2.11. The molecule has 6 nitrogen and oxygen atoms in total. The van der Waals surface area contributed by atoms with Crippen molar-refractivity contribution in [3.63, 3.8) is 0 Å². The summed E-state index contributed by atoms with van der Waals surface area (Å²) >= 11 is 0. The zero-order valence-electron chi connectivity index (χ0n) is 11.3. The fraction of sp³-hybridized carbons (Fsp3) is 0.286. The Kier molecular flexibility index (Phi) is 3.93. The highest BCUT2D eigenvalue weighted by Crippen LogP contribution is 2.15. The first-order chi connectivity index (χ1) is 9.47. The predicted molar refractivity (Wildman–Crippen MR) is 71.8 cm³/mol. The second-order valence-electron chi connectivity index (χ2n) is 4.81. The number of hydrogen-bond acceptors (Lipinski definition) is 4. The number of carboxylic acid groups (broad SMARTS) is 1. The molecular weight excluding hydrogens is 258 g/mol. The van der Waals surface area contributed by atoms with E-state index in [0.717, 1.165) is 5.56 Å². The minimum Gasteiger partial charge on any atom is -0.476 e. The van der Waals surface area contributed by atoms with Crippen molar-refractivity contribution < 1.29 is 14.7 Å². The van der Waals surface area contributed by atoms with E-state index in [-0.39, 0.29) is 18.0 Å². The number of carbonyl (C=O) groups is 2. The van der Waals surface area contributed by atoms with Crippen LogP contribution in [0.1, 0.15) is 46.2 Å². The van der Waals surface area contributed by atoms with Crippen LogP contribution in [0.25, 0.3) is 0 Å². The zero-order chi connectivity index (χ0) is 14.7. The van der Waals surface area contributed by atoms with Gasteiger partial charge in [0.1, 0.15) is 6.54 Å². The average Bonchev–Trinajstić information content (AvgIpc) is 2.87. The van der Waals surface area contributed by atoms with E-state index in [0.29, 0.717) is 11.5 Å². The maximum Gasteiger partial charge on any atom is 0.358 e. The minimum atomic E-state index is -1.16. The number of ketones is 1. The molecule has 2 aromatic rings. The molecule has 0 bridgehead atoms. The van der Waals surface area contributed by atoms with Crippen LogP contribution in [0.3, 0.4) is 0 Å². The van der Waals surface area contributed by atoms with Crippen LogP contribution in [0.15, 0.2) is 30.5 Å². The van der Waals surface area contributed by atoms with Crippen LogP contribution in [-0.2, 0) is 6.54 Å². The standard InChI is InChI=1S/C14H15N3O3/c1-9(2)10-3-5-11(6-4-10)13(18)8-17-7-12(14(19)20)15-16-17/h3-7,9H,8H2,1-2H3,(H,19,20). The van der Waals surface area contributed by atoms with Gasteiger partial charge in [0.05, 0.1) is 6.20 Å². The highest BCUT2D eigenvalue weighted by Gasteiger charge is 2.12. The third kappa shape index (κ3) is 3.09. The van der Waals surface area contributed by atoms with Crippen LogP contribution in [0.5, 0.6) is 0 Å². The van der Waals surface area contributed by atoms with Crippen molar-refractivity contribution in [2.45, 2.75) is 26.3 Å². The molecule has 0 aliphatic carbocycles. The monoisotopic (exact) mass is 273 g/mol. The van der Waals surface area contributed by atoms with Gasteiger partial charge >= 0.3 is 5.97 Å². The number of aromatic nitrogens is 3. The molecule has 0 radical (unpaired) electrons. The second-order valence-corrected chi connectivity index (χ2v) is 4.81. The highest BCUT2D eigenvalue weighted by atomic mass is 16.4. The molecule has 0 saturated carbocycles. The first-order valence-corrected chi connectivity index (χ1v) is 6.24. The Bertz CT molecular complexity index is 629. The van der Waals surface area contributed by atoms with Gasteiger partial charge in [0, 0.05) is 5.56 Å². The molecule has 2 rings (SSSR count). The average molecular weight is 273 g/mol. The van der Waals surface area contributed by atoms with Crippen molar-refractivity contribution in [3.05, 3.63) is 47.3 Å². The van der Waals surface area contributed by atoms with Crippen LogP contribution in [0.2, 0.25) is 0 Å². The molecule has 20 heavy (non-hydrogen) atoms. The third-order valence-electron chi connectivity index (χ3n) is 2.96. The van der Waals surface area contributed by atoms with Gasteiger partial charge in [-0.05, 0) is 11.5 Å². The number of nitrogens with zero attached hydrogens (tertiary/aromatic N) is 3. The van der Waals surface area contributed by atoms with Crippen molar-refractivity contribution in [3.8, 4) is 0 Å². The van der Waals surface area contributed by atoms with Gasteiger partial charge < -0.3 is 5.11 Å². The molecule has 0 spiro atoms. The van der Waals surface area contributed by atoms with Crippen molar-refractivity contribution in [1.29, 1.82) is 0 Å². The van der Waals surface area contributed by atoms with Crippen molar-refractivity contribution in [2.24, 2.45) is 0 Å². The third-order valence-corrected chi connectivity index (χ3v) is 2.96. The van der Waals surface area contributed by atoms with Crippen molar-refractivity contribution in [1.82, 2.24) is 15.0 Å². The van der Waals surface area contributed by atoms with E-state index < -0.39 is 5.97 Å². The van der Waals surface area contributed by atoms with E-state index in [4.69, 9.17) is 5.11 Å². The topological polar surface area (TPSA) is 85.1 Å². The molecule has 1 aromatic carbocycles. The second kappa shape index (κ2) is 5.64. The number of carboxylic acids is 1. The maximum absolute atomic E-state index is 12.0. The smallest absolute Gasteiger partial charge is 0.358 e. The molecule has 1 N–H and O–H groups in total. The molecule has 1 aromatic heterocycles. The molecule has 0 unspecified atom stereocenters. The van der Waals surface area contributed by atoms with Crippen LogP contribution in [0, 0.1) is 0 Å². The summed E-state index contributed by atoms with van der Waals surface area (Å²) in [5.74, 6) is -0.889. The number of hydrogen-bond donors (Lipinski definition) is 1. The first-order valence-electron chi connectivity index (χ1n) is 6.24. The van der Waals surface area contributed by atoms with Gasteiger partial charge in [-0.1, -0.05) is 43.3 Å². The van der Waals surface area contributed by atoms with Gasteiger partial charge in [0.15, 0.2) is 11.5 Å². The Hall–Kier alpha value is -2.50. The molecule has 0 aliphatic heterocycles. The van der Waals surface area contributed by atoms with Gasteiger partial charge in [0.2, 0.25) is 0 Å². The fourth-order valence-corrected chi connectivity index (χ4v) is 1.77. The van der Waals surface area contributed by atoms with Gasteiger partial charge in [-0.3, -0.25) is 4.79 Å². The summed E-state index contributed by atoms with van der Waals surface area (Å²) in [5.41, 5.74) is 1.56. The fourth-order valence-electron chi connectivity index (χ4n) is 1.77. The van der Waals surface area contributed by atoms with Crippen LogP contribution < -0.4 is 0 Å². The van der Waals surface area contributed by atoms with Gasteiger partial charge in [-0.2, -0.15) is 0 Å². The molecule has 0 amide bonds. The molecule has 0 fully saturated rings. The molecular formula is C14H15N3O3. The Morgan fingerprint density at radius 1 is 1.25 bits per heavy atom. The maximum atomic E-state index is 12.0. The summed E-state index contributed by atoms with van der Waals surface area (Å²) in [6, 6.07) is 7.38. The summed E-state index contributed by atoms with van der Waals surface area (Å²) in [7, 11) is 0. The number of benzene rings is 1. The lowest BCUT2D eigenvalue weighted by Gasteiger charge is -2.06. The van der Waals surface area contributed by atoms with Crippen LogP contribution >= 0.6 is 0 Å². The lowest BCUT2D eigenvalue weighted by molar-refractivity contribution is 0.0690. The van der Waals surface area contributed by atoms with Crippen molar-refractivity contribution in [2.75, 3.05) is 0 Å². The number of Topliss-reactive ketones (excluding diaryl/α,β-unsaturated/α-hetero) is 1. The zero-order valence-corrected chi connectivity index (χ0v) is 11.3. The lowest BCUT2D eigenvalue weighted by atomic mass is 10.0. The normalized spacial score (nSPS) is 10.8. The number of carbonyl (C=O) groups excluding carboxylic acids is 1. The Morgan fingerprint density at radius 2 is 1.90 bits per heavy atom. The van der Waals surface area contributed by atoms with Gasteiger partial charge in [-0.15, -0.1) is 5.10 Å². The molecule has 1 heterocycles. The Labute approximate surface area is 116 Å². The predicted octanol–water partition coefficient (Wildman–Crippen LogP) is 1.98. The largest absolute Gasteiger partial charge is 0.476 e. The van der Waals surface area contributed by atoms with E-state index in [1.807, 2.05) is 12.1 Å². The quantitative estimate of drug-likeness (QED) is 0.842. The molecule has 0 atom stereocenters. The summed E-state index contributed by atoms with van der Waals surface area (Å²) < 4.78 is 1.22. The van der Waals surface area contributed by atoms with E-state index in [9.17, 15) is 9.59 Å². The molecule has 6 heteroatoms. The van der Waals surface area contributed by atoms with E-state index >= 15 is 0 Å². The first kappa shape index (κ1) is 13.9. The minimum absolute atomic E-state index is 0.0265. The van der Waals surface area contributed by atoms with E-state index in [1.165, 1.54) is 10.9 Å². The number of aromatic carboxylic acids is 1. The highest BCUT2D eigenvalue weighted by molar-refractivity contribution is 5.96. The number of rotatable bonds is 5. The SMILES string of the molecule is CC(C)c1ccc(C(=O)Cn2cc(C(=O)O)nn2)cc1. The van der Waals surface area contributed by atoms with Gasteiger partial charge in [-0.25, -0.2) is 9.48 Å². The summed E-state index contributed by atoms with van der Waals surface area (Å²) in [6.07, 6.45) is 1.24. The summed E-state index contributed by atoms with van der Waals surface area (Å²) in [6.45, 7) is 4.14. The Balaban J connectivity index is 2.09. The van der Waals surface area contributed by atoms with E-state index in [1.54, 1.807) is 12.1 Å². The molecule has 104 valence electrons. The van der Waals surface area contributed by atoms with Crippen LogP contribution in [-0.4, -0.2) is 31.9 Å². The van der Waals surface area contributed by atoms with Gasteiger partial charge in [0.25, 0.3) is 0 Å². The summed E-state index contributed by atoms with van der Waals surface area (Å²) in [5, 5.41) is 15.8. The van der Waals surface area contributed by atoms with Crippen molar-refractivity contribution >= 4 is 11.8 Å². The molecule has 0 aliphatic rings. The van der Waals surface area contributed by atoms with E-state index in [2.05, 4.69) is 24.2 Å². The summed E-state index contributed by atoms with van der Waals surface area (Å²) in [4.78, 5) is 22.7. The Morgan fingerprint density at radius 3 is 2.40 bits per heavy atom.